The second-order valence-corrected chi connectivity index (χ2v) is 26.9. The van der Waals surface area contributed by atoms with E-state index in [1.807, 2.05) is 0 Å². The summed E-state index contributed by atoms with van der Waals surface area (Å²) in [6.45, 7) is 28.6. The fourth-order valence-corrected chi connectivity index (χ4v) is 19.7. The molecule has 3 nitrogen and oxygen atoms in total. The second kappa shape index (κ2) is 6.42. The molecule has 0 aromatic carbocycles. The average Bonchev–Trinajstić information content (AvgIpc) is 1.87. The van der Waals surface area contributed by atoms with Crippen LogP contribution in [0.15, 0.2) is 4.74 Å². The summed E-state index contributed by atoms with van der Waals surface area (Å²) in [5, 5.41) is 0. The van der Waals surface area contributed by atoms with Crippen LogP contribution in [-0.2, 0) is 0 Å². The van der Waals surface area contributed by atoms with Crippen molar-refractivity contribution in [2.75, 3.05) is 0 Å². The lowest BCUT2D eigenvalue weighted by atomic mass is 10.1. The van der Waals surface area contributed by atoms with Gasteiger partial charge in [-0.3, -0.25) is 0 Å². The SMILES string of the molecule is CC(C)(C)N=[P+](N[Si](C)(C)C)N([Si](C)(C)C)[Si](C)(C)C. The van der Waals surface area contributed by atoms with E-state index in [1.54, 1.807) is 0 Å². The van der Waals surface area contributed by atoms with E-state index in [4.69, 9.17) is 4.74 Å². The molecule has 1 atom stereocenters. The lowest BCUT2D eigenvalue weighted by molar-refractivity contribution is 0.588. The fraction of sp³-hybridized carbons (Fsp3) is 1.00. The van der Waals surface area contributed by atoms with E-state index < -0.39 is 32.7 Å². The smallest absolute Gasteiger partial charge is 0.153 e. The van der Waals surface area contributed by atoms with Crippen LogP contribution in [0.1, 0.15) is 20.8 Å². The van der Waals surface area contributed by atoms with Crippen LogP contribution in [0.3, 0.4) is 0 Å². The van der Waals surface area contributed by atoms with Crippen LogP contribution in [0.25, 0.3) is 0 Å². The largest absolute Gasteiger partial charge is 0.373 e. The molecule has 1 N–H and O–H groups in total. The van der Waals surface area contributed by atoms with Crippen LogP contribution in [0.5, 0.6) is 0 Å². The molecular formula is C13H37N3PSi3+. The summed E-state index contributed by atoms with van der Waals surface area (Å²) in [4.78, 5) is 0. The van der Waals surface area contributed by atoms with Gasteiger partial charge < -0.3 is 0 Å². The van der Waals surface area contributed by atoms with Crippen LogP contribution < -0.4 is 4.75 Å². The first kappa shape index (κ1) is 20.7. The molecule has 7 heteroatoms. The predicted molar refractivity (Wildman–Crippen MR) is 104 cm³/mol. The zero-order valence-electron chi connectivity index (χ0n) is 15.8. The number of nitrogens with zero attached hydrogens (tertiary/aromatic N) is 2. The van der Waals surface area contributed by atoms with Gasteiger partial charge in [0.1, 0.15) is 0 Å². The van der Waals surface area contributed by atoms with Crippen molar-refractivity contribution in [3.05, 3.63) is 0 Å². The summed E-state index contributed by atoms with van der Waals surface area (Å²) in [5.41, 5.74) is 0.0237. The quantitative estimate of drug-likeness (QED) is 0.510. The maximum absolute atomic E-state index is 5.21. The maximum Gasteiger partial charge on any atom is 0.373 e. The van der Waals surface area contributed by atoms with E-state index in [0.717, 1.165) is 0 Å². The zero-order chi connectivity index (χ0) is 16.6. The molecule has 0 saturated carbocycles. The minimum atomic E-state index is -1.39. The number of hydrogen-bond donors (Lipinski definition) is 1. The first-order chi connectivity index (χ1) is 8.43. The first-order valence-electron chi connectivity index (χ1n) is 7.54. The van der Waals surface area contributed by atoms with E-state index >= 15 is 0 Å². The lowest BCUT2D eigenvalue weighted by Gasteiger charge is -2.36. The summed E-state index contributed by atoms with van der Waals surface area (Å²) >= 11 is 0. The van der Waals surface area contributed by atoms with Gasteiger partial charge >= 0.3 is 8.01 Å². The van der Waals surface area contributed by atoms with E-state index in [-0.39, 0.29) is 5.54 Å². The van der Waals surface area contributed by atoms with E-state index in [9.17, 15) is 0 Å². The first-order valence-corrected chi connectivity index (χ1v) is 19.2. The van der Waals surface area contributed by atoms with Crippen molar-refractivity contribution in [3.63, 3.8) is 0 Å². The normalized spacial score (nSPS) is 15.9. The van der Waals surface area contributed by atoms with Crippen LogP contribution in [-0.4, -0.2) is 34.2 Å². The second-order valence-electron chi connectivity index (χ2n) is 9.58. The Morgan fingerprint density at radius 3 is 1.35 bits per heavy atom. The van der Waals surface area contributed by atoms with Gasteiger partial charge in [0.2, 0.25) is 0 Å². The number of nitrogens with one attached hydrogen (secondary N) is 1. The molecule has 0 aromatic heterocycles. The van der Waals surface area contributed by atoms with Crippen LogP contribution in [0, 0.1) is 0 Å². The van der Waals surface area contributed by atoms with Crippen molar-refractivity contribution in [3.8, 4) is 0 Å². The minimum Gasteiger partial charge on any atom is -0.153 e. The van der Waals surface area contributed by atoms with Crippen molar-refractivity contribution < 1.29 is 0 Å². The van der Waals surface area contributed by atoms with Gasteiger partial charge in [-0.15, -0.1) is 4.75 Å². The molecule has 120 valence electrons. The molecule has 20 heavy (non-hydrogen) atoms. The molecule has 0 fully saturated rings. The van der Waals surface area contributed by atoms with E-state index in [0.29, 0.717) is 0 Å². The van der Waals surface area contributed by atoms with Crippen LogP contribution >= 0.6 is 8.01 Å². The van der Waals surface area contributed by atoms with Gasteiger partial charge in [-0.05, 0) is 20.8 Å². The maximum atomic E-state index is 5.21. The van der Waals surface area contributed by atoms with Crippen molar-refractivity contribution in [2.45, 2.75) is 85.2 Å². The Morgan fingerprint density at radius 2 is 1.15 bits per heavy atom. The summed E-state index contributed by atoms with van der Waals surface area (Å²) < 4.78 is 12.0. The molecule has 0 amide bonds. The van der Waals surface area contributed by atoms with Crippen molar-refractivity contribution >= 4 is 32.7 Å². The van der Waals surface area contributed by atoms with E-state index in [2.05, 4.69) is 88.4 Å². The Labute approximate surface area is 131 Å². The molecule has 0 aromatic rings. The van der Waals surface area contributed by atoms with Gasteiger partial charge in [0.15, 0.2) is 24.7 Å². The monoisotopic (exact) mass is 350 g/mol. The Hall–Kier alpha value is 0.671. The van der Waals surface area contributed by atoms with Gasteiger partial charge in [0.25, 0.3) is 0 Å². The van der Waals surface area contributed by atoms with E-state index in [1.165, 1.54) is 0 Å². The standard InChI is InChI=1S/C13H37N3PSi3/c1-13(2,3)14-17(15-18(4,5)6)16(19(7,8)9)20(10,11)12/h1-12H3,(H,14,15)/q+1. The molecule has 0 aliphatic carbocycles. The minimum absolute atomic E-state index is 0.0237. The van der Waals surface area contributed by atoms with Gasteiger partial charge in [-0.1, -0.05) is 63.7 Å². The average molecular weight is 351 g/mol. The van der Waals surface area contributed by atoms with Gasteiger partial charge in [-0.2, -0.15) is 4.00 Å². The Kier molecular flexibility index (Phi) is 6.64. The molecule has 0 aliphatic heterocycles. The molecule has 0 rings (SSSR count). The predicted octanol–water partition coefficient (Wildman–Crippen LogP) is 5.68. The summed E-state index contributed by atoms with van der Waals surface area (Å²) in [6, 6.07) is 0. The highest BCUT2D eigenvalue weighted by Crippen LogP contribution is 2.41. The van der Waals surface area contributed by atoms with Crippen molar-refractivity contribution in [1.82, 2.24) is 8.75 Å². The Morgan fingerprint density at radius 1 is 0.800 bits per heavy atom. The molecule has 0 spiro atoms. The summed E-state index contributed by atoms with van der Waals surface area (Å²) in [7, 11) is -4.73. The molecular weight excluding hydrogens is 313 g/mol. The molecule has 0 aliphatic rings. The molecule has 1 unspecified atom stereocenters. The molecule has 0 heterocycles. The fourth-order valence-electron chi connectivity index (χ4n) is 2.28. The van der Waals surface area contributed by atoms with Crippen molar-refractivity contribution in [1.29, 1.82) is 0 Å². The highest BCUT2D eigenvalue weighted by atomic mass is 31.1. The highest BCUT2D eigenvalue weighted by molar-refractivity contribution is 7.51. The third-order valence-corrected chi connectivity index (χ3v) is 18.2. The third kappa shape index (κ3) is 8.20. The highest BCUT2D eigenvalue weighted by Gasteiger charge is 2.48. The Bertz CT molecular complexity index is 343. The number of rotatable bonds is 5. The number of hydrogen-bond acceptors (Lipinski definition) is 1. The van der Waals surface area contributed by atoms with Gasteiger partial charge in [-0.25, -0.2) is 0 Å². The summed E-state index contributed by atoms with van der Waals surface area (Å²) in [6.07, 6.45) is 0. The van der Waals surface area contributed by atoms with Crippen LogP contribution in [0.4, 0.5) is 0 Å². The lowest BCUT2D eigenvalue weighted by Crippen LogP contribution is -2.57. The van der Waals surface area contributed by atoms with Crippen LogP contribution in [0.2, 0.25) is 58.9 Å². The molecule has 0 radical (unpaired) electrons. The van der Waals surface area contributed by atoms with Gasteiger partial charge in [0, 0.05) is 0 Å². The topological polar surface area (TPSA) is 27.6 Å². The summed E-state index contributed by atoms with van der Waals surface area (Å²) in [5.74, 6) is 0. The Balaban J connectivity index is 5.88. The molecule has 0 bridgehead atoms. The zero-order valence-corrected chi connectivity index (χ0v) is 19.7. The van der Waals surface area contributed by atoms with Crippen molar-refractivity contribution in [2.24, 2.45) is 4.74 Å². The van der Waals surface area contributed by atoms with Gasteiger partial charge in [0.05, 0.1) is 5.54 Å². The third-order valence-electron chi connectivity index (χ3n) is 2.29. The molecule has 0 saturated heterocycles.